The molecular formula is C21H22Cl2N2O3. The van der Waals surface area contributed by atoms with Gasteiger partial charge in [0.1, 0.15) is 6.04 Å². The van der Waals surface area contributed by atoms with Gasteiger partial charge in [-0.3, -0.25) is 4.79 Å². The molecule has 1 aliphatic rings. The van der Waals surface area contributed by atoms with Gasteiger partial charge in [0.25, 0.3) is 0 Å². The SMILES string of the molecule is C[C@H](NC(=O)O)C(=O)N(C)[C@H]1CC[C@H](c2ccc(Cl)c(Cl)c2)c2ccccc21. The van der Waals surface area contributed by atoms with Gasteiger partial charge in [0.05, 0.1) is 16.1 Å². The van der Waals surface area contributed by atoms with E-state index in [1.807, 2.05) is 36.4 Å². The van der Waals surface area contributed by atoms with Crippen LogP contribution in [0.5, 0.6) is 0 Å². The van der Waals surface area contributed by atoms with E-state index in [0.717, 1.165) is 29.5 Å². The second-order valence-corrected chi connectivity index (χ2v) is 7.88. The molecule has 7 heteroatoms. The zero-order valence-electron chi connectivity index (χ0n) is 15.7. The largest absolute Gasteiger partial charge is 0.465 e. The summed E-state index contributed by atoms with van der Waals surface area (Å²) in [4.78, 5) is 25.2. The molecule has 0 saturated heterocycles. The first kappa shape index (κ1) is 20.5. The minimum Gasteiger partial charge on any atom is -0.465 e. The third-order valence-electron chi connectivity index (χ3n) is 5.33. The maximum absolute atomic E-state index is 12.7. The van der Waals surface area contributed by atoms with Crippen molar-refractivity contribution in [2.75, 3.05) is 7.05 Å². The predicted octanol–water partition coefficient (Wildman–Crippen LogP) is 5.07. The lowest BCUT2D eigenvalue weighted by molar-refractivity contribution is -0.134. The van der Waals surface area contributed by atoms with Gasteiger partial charge in [0.2, 0.25) is 5.91 Å². The van der Waals surface area contributed by atoms with E-state index in [0.29, 0.717) is 10.0 Å². The quantitative estimate of drug-likeness (QED) is 0.724. The molecule has 5 nitrogen and oxygen atoms in total. The topological polar surface area (TPSA) is 69.6 Å². The number of nitrogens with one attached hydrogen (secondary N) is 1. The van der Waals surface area contributed by atoms with E-state index in [1.54, 1.807) is 18.9 Å². The van der Waals surface area contributed by atoms with Crippen LogP contribution in [-0.4, -0.2) is 35.1 Å². The van der Waals surface area contributed by atoms with Gasteiger partial charge >= 0.3 is 6.09 Å². The first-order valence-electron chi connectivity index (χ1n) is 9.09. The van der Waals surface area contributed by atoms with E-state index >= 15 is 0 Å². The van der Waals surface area contributed by atoms with Crippen molar-refractivity contribution >= 4 is 35.2 Å². The van der Waals surface area contributed by atoms with Crippen LogP contribution in [0.1, 0.15) is 48.4 Å². The van der Waals surface area contributed by atoms with Crippen LogP contribution in [0.15, 0.2) is 42.5 Å². The monoisotopic (exact) mass is 420 g/mol. The van der Waals surface area contributed by atoms with Crippen molar-refractivity contribution in [3.8, 4) is 0 Å². The highest BCUT2D eigenvalue weighted by molar-refractivity contribution is 6.42. The molecule has 2 aromatic carbocycles. The minimum absolute atomic E-state index is 0.110. The summed E-state index contributed by atoms with van der Waals surface area (Å²) in [5, 5.41) is 12.2. The van der Waals surface area contributed by atoms with Crippen molar-refractivity contribution in [2.45, 2.75) is 37.8 Å². The zero-order valence-corrected chi connectivity index (χ0v) is 17.2. The third kappa shape index (κ3) is 4.10. The van der Waals surface area contributed by atoms with Crippen LogP contribution in [0.2, 0.25) is 10.0 Å². The Morgan fingerprint density at radius 2 is 1.79 bits per heavy atom. The van der Waals surface area contributed by atoms with Crippen molar-refractivity contribution in [1.29, 1.82) is 0 Å². The number of carboxylic acid groups (broad SMARTS) is 1. The Labute approximate surface area is 174 Å². The third-order valence-corrected chi connectivity index (χ3v) is 6.07. The molecule has 3 rings (SSSR count). The lowest BCUT2D eigenvalue weighted by Crippen LogP contribution is -2.46. The second-order valence-electron chi connectivity index (χ2n) is 7.07. The molecule has 2 N–H and O–H groups in total. The predicted molar refractivity (Wildman–Crippen MR) is 110 cm³/mol. The summed E-state index contributed by atoms with van der Waals surface area (Å²) in [5.41, 5.74) is 3.31. The number of rotatable bonds is 4. The van der Waals surface area contributed by atoms with Gasteiger partial charge in [0, 0.05) is 13.0 Å². The number of hydrogen-bond donors (Lipinski definition) is 2. The molecule has 0 aromatic heterocycles. The van der Waals surface area contributed by atoms with E-state index in [9.17, 15) is 9.59 Å². The highest BCUT2D eigenvalue weighted by Gasteiger charge is 2.33. The molecular weight excluding hydrogens is 399 g/mol. The molecule has 2 amide bonds. The Morgan fingerprint density at radius 1 is 1.11 bits per heavy atom. The number of carbonyl (C=O) groups excluding carboxylic acids is 1. The van der Waals surface area contributed by atoms with Gasteiger partial charge in [-0.2, -0.15) is 0 Å². The Balaban J connectivity index is 1.91. The Morgan fingerprint density at radius 3 is 2.43 bits per heavy atom. The molecule has 28 heavy (non-hydrogen) atoms. The number of benzene rings is 2. The number of carbonyl (C=O) groups is 2. The van der Waals surface area contributed by atoms with Crippen LogP contribution in [0, 0.1) is 0 Å². The molecule has 0 bridgehead atoms. The summed E-state index contributed by atoms with van der Waals surface area (Å²) in [5.74, 6) is -0.0875. The minimum atomic E-state index is -1.21. The van der Waals surface area contributed by atoms with Crippen molar-refractivity contribution in [3.63, 3.8) is 0 Å². The van der Waals surface area contributed by atoms with Crippen LogP contribution in [-0.2, 0) is 4.79 Å². The van der Waals surface area contributed by atoms with Crippen LogP contribution in [0.25, 0.3) is 0 Å². The van der Waals surface area contributed by atoms with Crippen molar-refractivity contribution in [2.24, 2.45) is 0 Å². The van der Waals surface area contributed by atoms with Gasteiger partial charge in [0.15, 0.2) is 0 Å². The lowest BCUT2D eigenvalue weighted by Gasteiger charge is -2.38. The highest BCUT2D eigenvalue weighted by atomic mass is 35.5. The first-order chi connectivity index (χ1) is 13.3. The fraction of sp³-hybridized carbons (Fsp3) is 0.333. The summed E-state index contributed by atoms with van der Waals surface area (Å²) in [6.07, 6.45) is 0.403. The highest BCUT2D eigenvalue weighted by Crippen LogP contribution is 2.44. The molecule has 0 spiro atoms. The van der Waals surface area contributed by atoms with Crippen molar-refractivity contribution < 1.29 is 14.7 Å². The average molecular weight is 421 g/mol. The standard InChI is InChI=1S/C21H22Cl2N2O3/c1-12(24-21(27)28)20(26)25(2)19-10-8-14(15-5-3-4-6-16(15)19)13-7-9-17(22)18(23)11-13/h3-7,9,11-12,14,19,24H,8,10H2,1-2H3,(H,27,28)/t12-,14+,19-/m0/s1. The number of halogens is 2. The molecule has 0 fully saturated rings. The van der Waals surface area contributed by atoms with Gasteiger partial charge in [-0.05, 0) is 48.6 Å². The second kappa shape index (κ2) is 8.41. The number of nitrogens with zero attached hydrogens (tertiary/aromatic N) is 1. The average Bonchev–Trinajstić information content (AvgIpc) is 2.67. The van der Waals surface area contributed by atoms with E-state index in [-0.39, 0.29) is 17.9 Å². The Kier molecular flexibility index (Phi) is 6.16. The summed E-state index contributed by atoms with van der Waals surface area (Å²) >= 11 is 12.3. The summed E-state index contributed by atoms with van der Waals surface area (Å²) in [6.45, 7) is 1.56. The van der Waals surface area contributed by atoms with Gasteiger partial charge < -0.3 is 15.3 Å². The van der Waals surface area contributed by atoms with Crippen LogP contribution < -0.4 is 5.32 Å². The smallest absolute Gasteiger partial charge is 0.405 e. The number of likely N-dealkylation sites (N-methyl/N-ethyl adjacent to an activating group) is 1. The first-order valence-corrected chi connectivity index (χ1v) is 9.85. The lowest BCUT2D eigenvalue weighted by atomic mass is 9.76. The molecule has 0 aliphatic heterocycles. The number of fused-ring (bicyclic) bond motifs is 1. The molecule has 2 aromatic rings. The van der Waals surface area contributed by atoms with Crippen LogP contribution >= 0.6 is 23.2 Å². The summed E-state index contributed by atoms with van der Waals surface area (Å²) < 4.78 is 0. The van der Waals surface area contributed by atoms with Crippen molar-refractivity contribution in [3.05, 3.63) is 69.2 Å². The molecule has 0 saturated carbocycles. The molecule has 0 heterocycles. The molecule has 0 unspecified atom stereocenters. The number of amides is 2. The van der Waals surface area contributed by atoms with E-state index in [4.69, 9.17) is 28.3 Å². The Bertz CT molecular complexity index is 903. The normalized spacial score (nSPS) is 19.4. The van der Waals surface area contributed by atoms with E-state index in [2.05, 4.69) is 11.4 Å². The maximum Gasteiger partial charge on any atom is 0.405 e. The maximum atomic E-state index is 12.7. The molecule has 148 valence electrons. The van der Waals surface area contributed by atoms with Gasteiger partial charge in [-0.15, -0.1) is 0 Å². The summed E-state index contributed by atoms with van der Waals surface area (Å²) in [7, 11) is 1.73. The fourth-order valence-electron chi connectivity index (χ4n) is 3.95. The van der Waals surface area contributed by atoms with Crippen LogP contribution in [0.4, 0.5) is 4.79 Å². The van der Waals surface area contributed by atoms with Crippen molar-refractivity contribution in [1.82, 2.24) is 10.2 Å². The molecule has 0 radical (unpaired) electrons. The molecule has 3 atom stereocenters. The van der Waals surface area contributed by atoms with Crippen LogP contribution in [0.3, 0.4) is 0 Å². The zero-order chi connectivity index (χ0) is 20.4. The van der Waals surface area contributed by atoms with Gasteiger partial charge in [-0.25, -0.2) is 4.79 Å². The van der Waals surface area contributed by atoms with E-state index < -0.39 is 12.1 Å². The summed E-state index contributed by atoms with van der Waals surface area (Å²) in [6, 6.07) is 12.8. The fourth-order valence-corrected chi connectivity index (χ4v) is 4.26. The Hall–Kier alpha value is -2.24. The van der Waals surface area contributed by atoms with Gasteiger partial charge in [-0.1, -0.05) is 53.5 Å². The number of hydrogen-bond acceptors (Lipinski definition) is 2. The van der Waals surface area contributed by atoms with E-state index in [1.165, 1.54) is 0 Å². The molecule has 1 aliphatic carbocycles.